The van der Waals surface area contributed by atoms with E-state index < -0.39 is 45.0 Å². The molecule has 2 atom stereocenters. The summed E-state index contributed by atoms with van der Waals surface area (Å²) < 4.78 is 52.3. The second-order valence-corrected chi connectivity index (χ2v) is 8.86. The third-order valence-corrected chi connectivity index (χ3v) is 5.29. The molecule has 0 bridgehead atoms. The van der Waals surface area contributed by atoms with Crippen LogP contribution in [0.4, 0.5) is 8.78 Å². The van der Waals surface area contributed by atoms with Crippen LogP contribution in [0.25, 0.3) is 0 Å². The molecule has 1 fully saturated rings. The highest BCUT2D eigenvalue weighted by Gasteiger charge is 2.44. The molecule has 0 saturated carbocycles. The number of carboxylic acids is 1. The zero-order valence-electron chi connectivity index (χ0n) is 14.3. The molecule has 1 aromatic rings. The van der Waals surface area contributed by atoms with Crippen molar-refractivity contribution < 1.29 is 27.1 Å². The highest BCUT2D eigenvalue weighted by Crippen LogP contribution is 2.37. The molecule has 1 saturated heterocycles. The smallest absolute Gasteiger partial charge is 0.308 e. The summed E-state index contributed by atoms with van der Waals surface area (Å²) in [5.74, 6) is -4.07. The van der Waals surface area contributed by atoms with Crippen molar-refractivity contribution in [1.29, 1.82) is 0 Å². The Morgan fingerprint density at radius 3 is 2.52 bits per heavy atom. The van der Waals surface area contributed by atoms with E-state index in [2.05, 4.69) is 4.72 Å². The van der Waals surface area contributed by atoms with Crippen LogP contribution in [-0.4, -0.2) is 55.8 Å². The molecular weight excluding hydrogens is 354 g/mol. The van der Waals surface area contributed by atoms with Crippen LogP contribution < -0.4 is 4.72 Å². The van der Waals surface area contributed by atoms with Gasteiger partial charge in [0.05, 0.1) is 12.2 Å². The lowest BCUT2D eigenvalue weighted by molar-refractivity contribution is -0.141. The van der Waals surface area contributed by atoms with Crippen molar-refractivity contribution in [1.82, 2.24) is 9.62 Å². The number of hydrogen-bond donors (Lipinski definition) is 2. The molecule has 0 unspecified atom stereocenters. The van der Waals surface area contributed by atoms with Crippen LogP contribution in [0.1, 0.15) is 25.3 Å². The van der Waals surface area contributed by atoms with Crippen LogP contribution in [0.3, 0.4) is 0 Å². The first-order valence-electron chi connectivity index (χ1n) is 7.78. The quantitative estimate of drug-likeness (QED) is 0.784. The molecule has 0 amide bonds. The summed E-state index contributed by atoms with van der Waals surface area (Å²) in [5, 5.41) is 9.50. The minimum Gasteiger partial charge on any atom is -0.481 e. The molecular formula is C16H22F2N2O4S. The van der Waals surface area contributed by atoms with Crippen molar-refractivity contribution >= 4 is 16.0 Å². The van der Waals surface area contributed by atoms with Crippen molar-refractivity contribution in [2.24, 2.45) is 5.92 Å². The Morgan fingerprint density at radius 2 is 2.00 bits per heavy atom. The maximum Gasteiger partial charge on any atom is 0.308 e. The summed E-state index contributed by atoms with van der Waals surface area (Å²) in [4.78, 5) is 13.4. The van der Waals surface area contributed by atoms with Crippen LogP contribution in [0.5, 0.6) is 0 Å². The normalized spacial score (nSPS) is 22.3. The molecule has 2 N–H and O–H groups in total. The van der Waals surface area contributed by atoms with E-state index in [0.29, 0.717) is 0 Å². The molecule has 1 heterocycles. The molecule has 0 spiro atoms. The summed E-state index contributed by atoms with van der Waals surface area (Å²) in [6.07, 6.45) is 1.05. The van der Waals surface area contributed by atoms with Gasteiger partial charge >= 0.3 is 5.97 Å². The summed E-state index contributed by atoms with van der Waals surface area (Å²) in [5.41, 5.74) is -0.509. The first-order chi connectivity index (χ1) is 11.4. The monoisotopic (exact) mass is 376 g/mol. The third kappa shape index (κ3) is 4.74. The Hall–Kier alpha value is -1.58. The minimum atomic E-state index is -3.39. The minimum absolute atomic E-state index is 0.0940. The Balaban J connectivity index is 2.26. The Bertz CT molecular complexity index is 767. The average Bonchev–Trinajstić information content (AvgIpc) is 2.90. The fourth-order valence-corrected chi connectivity index (χ4v) is 3.70. The van der Waals surface area contributed by atoms with E-state index in [4.69, 9.17) is 0 Å². The third-order valence-electron chi connectivity index (χ3n) is 4.62. The molecule has 9 heteroatoms. The average molecular weight is 376 g/mol. The van der Waals surface area contributed by atoms with Crippen molar-refractivity contribution in [3.8, 4) is 0 Å². The van der Waals surface area contributed by atoms with E-state index in [1.807, 2.05) is 4.90 Å². The molecule has 0 aromatic heterocycles. The number of carbonyl (C=O) groups is 1. The molecule has 6 nitrogen and oxygen atoms in total. The number of sulfonamides is 1. The second kappa shape index (κ2) is 6.97. The number of nitrogens with zero attached hydrogens (tertiary/aromatic N) is 1. The van der Waals surface area contributed by atoms with Gasteiger partial charge in [-0.25, -0.2) is 21.9 Å². The number of halogens is 2. The van der Waals surface area contributed by atoms with Gasteiger partial charge in [-0.1, -0.05) is 6.07 Å². The lowest BCUT2D eigenvalue weighted by atomic mass is 9.88. The highest BCUT2D eigenvalue weighted by atomic mass is 32.2. The van der Waals surface area contributed by atoms with E-state index in [-0.39, 0.29) is 25.2 Å². The van der Waals surface area contributed by atoms with Gasteiger partial charge in [0.2, 0.25) is 10.0 Å². The van der Waals surface area contributed by atoms with E-state index in [0.717, 1.165) is 18.4 Å². The first-order valence-corrected chi connectivity index (χ1v) is 9.67. The van der Waals surface area contributed by atoms with Crippen molar-refractivity contribution in [2.75, 3.05) is 25.9 Å². The van der Waals surface area contributed by atoms with Gasteiger partial charge in [0.15, 0.2) is 0 Å². The molecule has 0 aliphatic carbocycles. The van der Waals surface area contributed by atoms with Crippen LogP contribution in [0.2, 0.25) is 0 Å². The molecule has 2 rings (SSSR count). The van der Waals surface area contributed by atoms with Crippen molar-refractivity contribution in [3.05, 3.63) is 35.4 Å². The van der Waals surface area contributed by atoms with Gasteiger partial charge in [0.1, 0.15) is 11.6 Å². The summed E-state index contributed by atoms with van der Waals surface area (Å²) in [7, 11) is -3.39. The van der Waals surface area contributed by atoms with Crippen LogP contribution >= 0.6 is 0 Å². The van der Waals surface area contributed by atoms with Gasteiger partial charge < -0.3 is 5.11 Å². The van der Waals surface area contributed by atoms with E-state index in [9.17, 15) is 27.1 Å². The topological polar surface area (TPSA) is 86.7 Å². The number of hydrogen-bond acceptors (Lipinski definition) is 4. The predicted molar refractivity (Wildman–Crippen MR) is 88.7 cm³/mol. The van der Waals surface area contributed by atoms with Gasteiger partial charge in [-0.3, -0.25) is 9.69 Å². The van der Waals surface area contributed by atoms with Gasteiger partial charge in [0, 0.05) is 37.2 Å². The zero-order chi connectivity index (χ0) is 19.0. The summed E-state index contributed by atoms with van der Waals surface area (Å²) >= 11 is 0. The molecule has 1 aliphatic rings. The first kappa shape index (κ1) is 19.7. The zero-order valence-corrected chi connectivity index (χ0v) is 15.1. The van der Waals surface area contributed by atoms with Crippen LogP contribution in [-0.2, 0) is 14.8 Å². The van der Waals surface area contributed by atoms with Crippen LogP contribution in [0, 0.1) is 17.6 Å². The lowest BCUT2D eigenvalue weighted by Gasteiger charge is -2.35. The summed E-state index contributed by atoms with van der Waals surface area (Å²) in [6, 6.07) is 3.13. The Morgan fingerprint density at radius 1 is 1.36 bits per heavy atom. The Labute approximate surface area is 145 Å². The molecule has 1 aromatic carbocycles. The van der Waals surface area contributed by atoms with Gasteiger partial charge in [-0.2, -0.15) is 0 Å². The van der Waals surface area contributed by atoms with E-state index in [1.54, 1.807) is 13.8 Å². The fourth-order valence-electron chi connectivity index (χ4n) is 3.09. The number of benzene rings is 1. The number of aliphatic carboxylic acids is 1. The maximum absolute atomic E-state index is 14.1. The molecule has 140 valence electrons. The van der Waals surface area contributed by atoms with Crippen molar-refractivity contribution in [3.63, 3.8) is 0 Å². The summed E-state index contributed by atoms with van der Waals surface area (Å²) in [6.45, 7) is 4.05. The molecule has 1 aliphatic heterocycles. The Kier molecular flexibility index (Phi) is 5.50. The highest BCUT2D eigenvalue weighted by molar-refractivity contribution is 7.88. The number of nitrogens with one attached hydrogen (secondary N) is 1. The molecule has 25 heavy (non-hydrogen) atoms. The number of carboxylic acid groups (broad SMARTS) is 1. The van der Waals surface area contributed by atoms with Gasteiger partial charge in [-0.15, -0.1) is 0 Å². The predicted octanol–water partition coefficient (Wildman–Crippen LogP) is 1.39. The van der Waals surface area contributed by atoms with Gasteiger partial charge in [0.25, 0.3) is 0 Å². The molecule has 0 radical (unpaired) electrons. The number of rotatable bonds is 6. The SMILES string of the molecule is CC(C)(CNS(C)(=O)=O)N1C[C@@H](C(=O)O)[C@H](c2ccc(F)cc2F)C1. The van der Waals surface area contributed by atoms with E-state index in [1.165, 1.54) is 6.07 Å². The van der Waals surface area contributed by atoms with Gasteiger partial charge in [-0.05, 0) is 25.5 Å². The number of likely N-dealkylation sites (tertiary alicyclic amines) is 1. The fraction of sp³-hybridized carbons (Fsp3) is 0.562. The largest absolute Gasteiger partial charge is 0.481 e. The van der Waals surface area contributed by atoms with Crippen molar-refractivity contribution in [2.45, 2.75) is 25.3 Å². The van der Waals surface area contributed by atoms with E-state index >= 15 is 0 Å². The maximum atomic E-state index is 14.1. The van der Waals surface area contributed by atoms with Crippen LogP contribution in [0.15, 0.2) is 18.2 Å². The second-order valence-electron chi connectivity index (χ2n) is 7.03. The lowest BCUT2D eigenvalue weighted by Crippen LogP contribution is -2.50. The standard InChI is InChI=1S/C16H22F2N2O4S/c1-16(2,9-19-25(3,23)24)20-7-12(13(8-20)15(21)22)11-5-4-10(17)6-14(11)18/h4-6,12-13,19H,7-9H2,1-3H3,(H,21,22)/t12-,13+/m0/s1.